The third-order valence-electron chi connectivity index (χ3n) is 0.993. The summed E-state index contributed by atoms with van der Waals surface area (Å²) in [6.07, 6.45) is 0. The van der Waals surface area contributed by atoms with Gasteiger partial charge in [0.15, 0.2) is 0 Å². The summed E-state index contributed by atoms with van der Waals surface area (Å²) >= 11 is 0. The first-order valence-corrected chi connectivity index (χ1v) is 4.91. The second kappa shape index (κ2) is 6.33. The highest BCUT2D eigenvalue weighted by atomic mass is 32.3. The first-order valence-electron chi connectivity index (χ1n) is 3.51. The molecule has 7 heteroatoms. The highest BCUT2D eigenvalue weighted by molar-refractivity contribution is 7.79. The maximum absolute atomic E-state index is 8.74. The van der Waals surface area contributed by atoms with Crippen molar-refractivity contribution in [3.05, 3.63) is 30.3 Å². The van der Waals surface area contributed by atoms with E-state index in [1.807, 2.05) is 30.3 Å². The van der Waals surface area contributed by atoms with E-state index in [1.165, 1.54) is 0 Å². The summed E-state index contributed by atoms with van der Waals surface area (Å²) in [6.45, 7) is 0.240. The Hall–Kier alpha value is -1.15. The second-order valence-corrected chi connectivity index (χ2v) is 2.97. The zero-order valence-electron chi connectivity index (χ0n) is 7.20. The van der Waals surface area contributed by atoms with Crippen LogP contribution in [0.15, 0.2) is 30.3 Å². The molecule has 0 amide bonds. The summed E-state index contributed by atoms with van der Waals surface area (Å²) in [6, 6.07) is 9.49. The van der Waals surface area contributed by atoms with Gasteiger partial charge in [0.05, 0.1) is 0 Å². The first-order chi connectivity index (χ1) is 6.43. The molecule has 80 valence electrons. The van der Waals surface area contributed by atoms with Crippen LogP contribution in [-0.4, -0.2) is 24.3 Å². The zero-order chi connectivity index (χ0) is 11.0. The van der Waals surface area contributed by atoms with Gasteiger partial charge in [-0.1, -0.05) is 18.2 Å². The van der Waals surface area contributed by atoms with E-state index >= 15 is 0 Å². The molecule has 0 fully saturated rings. The van der Waals surface area contributed by atoms with Crippen LogP contribution in [0.1, 0.15) is 0 Å². The molecule has 0 heterocycles. The van der Waals surface area contributed by atoms with Crippen molar-refractivity contribution >= 4 is 10.4 Å². The molecule has 1 aromatic rings. The maximum Gasteiger partial charge on any atom is 0.394 e. The molecule has 0 spiro atoms. The molecular weight excluding hydrogens is 210 g/mol. The van der Waals surface area contributed by atoms with E-state index in [1.54, 1.807) is 0 Å². The molecule has 1 rings (SSSR count). The number of benzene rings is 1. The topological polar surface area (TPSA) is 110 Å². The Morgan fingerprint density at radius 3 is 2.00 bits per heavy atom. The van der Waals surface area contributed by atoms with Gasteiger partial charge in [0.2, 0.25) is 0 Å². The Morgan fingerprint density at radius 1 is 1.21 bits per heavy atom. The molecule has 0 aliphatic carbocycles. The molecule has 0 saturated carbocycles. The fourth-order valence-corrected chi connectivity index (χ4v) is 0.613. The normalized spacial score (nSPS) is 9.93. The third-order valence-corrected chi connectivity index (χ3v) is 0.993. The van der Waals surface area contributed by atoms with Crippen molar-refractivity contribution in [2.45, 2.75) is 0 Å². The predicted octanol–water partition coefficient (Wildman–Crippen LogP) is 0.329. The summed E-state index contributed by atoms with van der Waals surface area (Å²) in [7, 11) is -4.67. The molecule has 0 atom stereocenters. The van der Waals surface area contributed by atoms with Crippen molar-refractivity contribution in [2.24, 2.45) is 5.73 Å². The summed E-state index contributed by atoms with van der Waals surface area (Å²) in [5.41, 5.74) is 5.14. The predicted molar refractivity (Wildman–Crippen MR) is 50.3 cm³/mol. The van der Waals surface area contributed by atoms with Crippen molar-refractivity contribution in [3.8, 4) is 5.75 Å². The minimum absolute atomic E-state index is 0.240. The number of rotatable bonds is 2. The van der Waals surface area contributed by atoms with Crippen LogP contribution in [-0.2, 0) is 10.4 Å². The van der Waals surface area contributed by atoms with Crippen LogP contribution in [0.5, 0.6) is 5.75 Å². The fraction of sp³-hybridized carbons (Fsp3) is 0.143. The summed E-state index contributed by atoms with van der Waals surface area (Å²) in [4.78, 5) is 0. The van der Waals surface area contributed by atoms with E-state index in [9.17, 15) is 0 Å². The molecule has 0 aliphatic rings. The van der Waals surface area contributed by atoms with Gasteiger partial charge in [0.25, 0.3) is 0 Å². The highest BCUT2D eigenvalue weighted by Gasteiger charge is 1.85. The number of para-hydroxylation sites is 1. The number of hydrogen-bond acceptors (Lipinski definition) is 4. The van der Waals surface area contributed by atoms with E-state index in [-0.39, 0.29) is 6.73 Å². The molecule has 0 unspecified atom stereocenters. The van der Waals surface area contributed by atoms with Crippen LogP contribution in [0.3, 0.4) is 0 Å². The largest absolute Gasteiger partial charge is 0.479 e. The molecule has 6 nitrogen and oxygen atoms in total. The first kappa shape index (κ1) is 12.8. The Labute approximate surface area is 81.9 Å². The minimum atomic E-state index is -4.67. The Morgan fingerprint density at radius 2 is 1.64 bits per heavy atom. The fourth-order valence-electron chi connectivity index (χ4n) is 0.613. The van der Waals surface area contributed by atoms with E-state index < -0.39 is 10.4 Å². The molecule has 0 bridgehead atoms. The average molecular weight is 221 g/mol. The Bertz CT molecular complexity index is 328. The molecule has 1 aromatic carbocycles. The van der Waals surface area contributed by atoms with Crippen molar-refractivity contribution in [1.29, 1.82) is 0 Å². The molecule has 0 radical (unpaired) electrons. The van der Waals surface area contributed by atoms with Crippen LogP contribution in [0.4, 0.5) is 0 Å². The van der Waals surface area contributed by atoms with Gasteiger partial charge in [-0.15, -0.1) is 0 Å². The standard InChI is InChI=1S/C7H9NO.H2O4S/c8-6-9-7-4-2-1-3-5-7;1-5(2,3)4/h1-5H,6,8H2;(H2,1,2,3,4). The van der Waals surface area contributed by atoms with Crippen LogP contribution in [0.25, 0.3) is 0 Å². The quantitative estimate of drug-likeness (QED) is 0.490. The van der Waals surface area contributed by atoms with Gasteiger partial charge in [-0.3, -0.25) is 14.8 Å². The van der Waals surface area contributed by atoms with Crippen molar-refractivity contribution in [3.63, 3.8) is 0 Å². The maximum atomic E-state index is 8.74. The van der Waals surface area contributed by atoms with E-state index in [0.29, 0.717) is 0 Å². The lowest BCUT2D eigenvalue weighted by Crippen LogP contribution is -2.06. The lowest BCUT2D eigenvalue weighted by molar-refractivity contribution is 0.329. The van der Waals surface area contributed by atoms with Crippen LogP contribution >= 0.6 is 0 Å². The van der Waals surface area contributed by atoms with Gasteiger partial charge in [-0.25, -0.2) is 0 Å². The molecule has 0 aliphatic heterocycles. The van der Waals surface area contributed by atoms with Crippen molar-refractivity contribution in [1.82, 2.24) is 0 Å². The highest BCUT2D eigenvalue weighted by Crippen LogP contribution is 2.06. The van der Waals surface area contributed by atoms with Gasteiger partial charge >= 0.3 is 10.4 Å². The van der Waals surface area contributed by atoms with Crippen LogP contribution < -0.4 is 10.5 Å². The van der Waals surface area contributed by atoms with Crippen molar-refractivity contribution in [2.75, 3.05) is 6.73 Å². The zero-order valence-corrected chi connectivity index (χ0v) is 8.02. The van der Waals surface area contributed by atoms with Gasteiger partial charge in [0.1, 0.15) is 12.5 Å². The lowest BCUT2D eigenvalue weighted by atomic mass is 10.3. The lowest BCUT2D eigenvalue weighted by Gasteiger charge is -1.98. The Balaban J connectivity index is 0.000000292. The Kier molecular flexibility index (Phi) is 5.81. The molecular formula is C7H11NO5S. The van der Waals surface area contributed by atoms with E-state index in [2.05, 4.69) is 0 Å². The number of hydrogen-bond donors (Lipinski definition) is 3. The molecule has 14 heavy (non-hydrogen) atoms. The average Bonchev–Trinajstić information content (AvgIpc) is 2.03. The second-order valence-electron chi connectivity index (χ2n) is 2.07. The van der Waals surface area contributed by atoms with Gasteiger partial charge in [-0.2, -0.15) is 8.42 Å². The molecule has 4 N–H and O–H groups in total. The van der Waals surface area contributed by atoms with Crippen LogP contribution in [0, 0.1) is 0 Å². The summed E-state index contributed by atoms with van der Waals surface area (Å²) in [5.74, 6) is 0.819. The summed E-state index contributed by atoms with van der Waals surface area (Å²) < 4.78 is 36.6. The van der Waals surface area contributed by atoms with Crippen LogP contribution in [0.2, 0.25) is 0 Å². The van der Waals surface area contributed by atoms with Gasteiger partial charge in [0, 0.05) is 0 Å². The smallest absolute Gasteiger partial charge is 0.394 e. The third kappa shape index (κ3) is 10.8. The van der Waals surface area contributed by atoms with Gasteiger partial charge < -0.3 is 4.74 Å². The molecule has 0 aromatic heterocycles. The number of ether oxygens (including phenoxy) is 1. The molecule has 0 saturated heterocycles. The monoisotopic (exact) mass is 221 g/mol. The summed E-state index contributed by atoms with van der Waals surface area (Å²) in [5, 5.41) is 0. The van der Waals surface area contributed by atoms with Gasteiger partial charge in [-0.05, 0) is 12.1 Å². The SMILES string of the molecule is NCOc1ccccc1.O=S(=O)(O)O. The number of nitrogens with two attached hydrogens (primary N) is 1. The van der Waals surface area contributed by atoms with E-state index in [4.69, 9.17) is 28.0 Å². The van der Waals surface area contributed by atoms with E-state index in [0.717, 1.165) is 5.75 Å². The minimum Gasteiger partial charge on any atom is -0.479 e. The van der Waals surface area contributed by atoms with Crippen molar-refractivity contribution < 1.29 is 22.3 Å².